The lowest BCUT2D eigenvalue weighted by atomic mass is 10.6. The zero-order valence-electron chi connectivity index (χ0n) is 3.20. The third-order valence-corrected chi connectivity index (χ3v) is 0.321. The molecule has 0 amide bonds. The highest BCUT2D eigenvalue weighted by Crippen LogP contribution is 2.07. The molecular formula is C3H2F3O. The van der Waals surface area contributed by atoms with E-state index in [1.54, 1.807) is 0 Å². The number of allylic oxidation sites excluding steroid dienone is 1. The Balaban J connectivity index is 3.56. The van der Waals surface area contributed by atoms with E-state index >= 15 is 0 Å². The zero-order chi connectivity index (χ0) is 5.86. The zero-order valence-corrected chi connectivity index (χ0v) is 3.20. The highest BCUT2D eigenvalue weighted by atomic mass is 19.3. The lowest BCUT2D eigenvalue weighted by molar-refractivity contribution is 0.148. The van der Waals surface area contributed by atoms with Crippen LogP contribution in [-0.2, 0) is 5.11 Å². The van der Waals surface area contributed by atoms with Crippen LogP contribution >= 0.6 is 0 Å². The topological polar surface area (TPSA) is 19.9 Å². The van der Waals surface area contributed by atoms with Gasteiger partial charge < -0.3 is 0 Å². The Bertz CT molecular complexity index is 78.2. The summed E-state index contributed by atoms with van der Waals surface area (Å²) in [5.74, 6) is -1.92. The van der Waals surface area contributed by atoms with E-state index in [-0.39, 0.29) is 0 Å². The minimum absolute atomic E-state index is 0.509. The van der Waals surface area contributed by atoms with Crippen LogP contribution < -0.4 is 0 Å². The molecule has 0 saturated heterocycles. The summed E-state index contributed by atoms with van der Waals surface area (Å²) in [5, 5.41) is 9.05. The van der Waals surface area contributed by atoms with Crippen molar-refractivity contribution >= 4 is 0 Å². The Kier molecular flexibility index (Phi) is 2.26. The maximum Gasteiger partial charge on any atom is 0.292 e. The fourth-order valence-corrected chi connectivity index (χ4v) is 0.0514. The Morgan fingerprint density at radius 2 is 2.00 bits per heavy atom. The number of halogens is 3. The predicted molar refractivity (Wildman–Crippen MR) is 15.9 cm³/mol. The first kappa shape index (κ1) is 6.33. The molecule has 4 heteroatoms. The van der Waals surface area contributed by atoms with Crippen LogP contribution in [0.25, 0.3) is 0 Å². The molecular weight excluding hydrogens is 109 g/mol. The van der Waals surface area contributed by atoms with Crippen LogP contribution in [0.2, 0.25) is 0 Å². The van der Waals surface area contributed by atoms with Crippen LogP contribution in [0.5, 0.6) is 0 Å². The van der Waals surface area contributed by atoms with Crippen LogP contribution in [0, 0.1) is 0 Å². The highest BCUT2D eigenvalue weighted by molar-refractivity contribution is 4.86. The lowest BCUT2D eigenvalue weighted by Crippen LogP contribution is -1.87. The van der Waals surface area contributed by atoms with Crippen molar-refractivity contribution in [2.45, 2.75) is 6.43 Å². The first-order chi connectivity index (χ1) is 3.18. The quantitative estimate of drug-likeness (QED) is 0.457. The summed E-state index contributed by atoms with van der Waals surface area (Å²) in [5.41, 5.74) is 0. The summed E-state index contributed by atoms with van der Waals surface area (Å²) in [6, 6.07) is 0. The van der Waals surface area contributed by atoms with E-state index in [9.17, 15) is 13.2 Å². The molecule has 0 saturated carbocycles. The van der Waals surface area contributed by atoms with Crippen molar-refractivity contribution < 1.29 is 18.3 Å². The van der Waals surface area contributed by atoms with Gasteiger partial charge in [-0.05, 0) is 0 Å². The van der Waals surface area contributed by atoms with Crippen molar-refractivity contribution in [1.29, 1.82) is 0 Å². The maximum absolute atomic E-state index is 11.1. The Morgan fingerprint density at radius 3 is 2.00 bits per heavy atom. The molecule has 0 unspecified atom stereocenters. The van der Waals surface area contributed by atoms with Gasteiger partial charge in [0.15, 0.2) is 6.26 Å². The number of hydrogen-bond donors (Lipinski definition) is 0. The second kappa shape index (κ2) is 2.49. The van der Waals surface area contributed by atoms with Crippen LogP contribution in [0.1, 0.15) is 0 Å². The third kappa shape index (κ3) is 2.08. The van der Waals surface area contributed by atoms with Gasteiger partial charge in [-0.2, -0.15) is 0 Å². The molecule has 0 bridgehead atoms. The molecule has 0 fully saturated rings. The average molecular weight is 111 g/mol. The SMILES string of the molecule is [O]C=C(F)C(F)F. The van der Waals surface area contributed by atoms with E-state index in [0.29, 0.717) is 0 Å². The molecule has 1 nitrogen and oxygen atoms in total. The molecule has 0 rings (SSSR count). The monoisotopic (exact) mass is 111 g/mol. The lowest BCUT2D eigenvalue weighted by Gasteiger charge is -1.85. The van der Waals surface area contributed by atoms with Crippen molar-refractivity contribution in [1.82, 2.24) is 0 Å². The van der Waals surface area contributed by atoms with Crippen LogP contribution in [0.3, 0.4) is 0 Å². The van der Waals surface area contributed by atoms with Gasteiger partial charge in [0.1, 0.15) is 0 Å². The van der Waals surface area contributed by atoms with Gasteiger partial charge in [0, 0.05) is 0 Å². The van der Waals surface area contributed by atoms with Gasteiger partial charge in [-0.15, -0.1) is 0 Å². The van der Waals surface area contributed by atoms with Crippen LogP contribution in [-0.4, -0.2) is 6.43 Å². The van der Waals surface area contributed by atoms with Gasteiger partial charge >= 0.3 is 0 Å². The Hall–Kier alpha value is -0.670. The average Bonchev–Trinajstić information content (AvgIpc) is 1.65. The second-order valence-corrected chi connectivity index (χ2v) is 0.803. The minimum Gasteiger partial charge on any atom is -0.295 e. The molecule has 0 aromatic heterocycles. The van der Waals surface area contributed by atoms with E-state index in [1.165, 1.54) is 0 Å². The minimum atomic E-state index is -3.25. The summed E-state index contributed by atoms with van der Waals surface area (Å²) in [4.78, 5) is 0. The third-order valence-electron chi connectivity index (χ3n) is 0.321. The highest BCUT2D eigenvalue weighted by Gasteiger charge is 2.08. The predicted octanol–water partition coefficient (Wildman–Crippen LogP) is 1.49. The smallest absolute Gasteiger partial charge is 0.292 e. The molecule has 0 aromatic rings. The summed E-state index contributed by atoms with van der Waals surface area (Å²) >= 11 is 0. The molecule has 0 heterocycles. The van der Waals surface area contributed by atoms with Gasteiger partial charge in [-0.3, -0.25) is 5.11 Å². The molecule has 0 aliphatic carbocycles. The summed E-state index contributed by atoms with van der Waals surface area (Å²) in [6.07, 6.45) is -3.76. The second-order valence-electron chi connectivity index (χ2n) is 0.803. The van der Waals surface area contributed by atoms with E-state index < -0.39 is 18.5 Å². The molecule has 1 radical (unpaired) electrons. The van der Waals surface area contributed by atoms with Crippen molar-refractivity contribution in [2.75, 3.05) is 0 Å². The van der Waals surface area contributed by atoms with E-state index in [0.717, 1.165) is 0 Å². The molecule has 0 N–H and O–H groups in total. The number of rotatable bonds is 1. The number of hydrogen-bond acceptors (Lipinski definition) is 0. The Labute approximate surface area is 38.1 Å². The first-order valence-corrected chi connectivity index (χ1v) is 1.44. The summed E-state index contributed by atoms with van der Waals surface area (Å²) in [6.45, 7) is 0. The van der Waals surface area contributed by atoms with E-state index in [4.69, 9.17) is 5.11 Å². The fourth-order valence-electron chi connectivity index (χ4n) is 0.0514. The Morgan fingerprint density at radius 1 is 1.57 bits per heavy atom. The number of alkyl halides is 2. The first-order valence-electron chi connectivity index (χ1n) is 1.44. The van der Waals surface area contributed by atoms with Crippen molar-refractivity contribution in [2.24, 2.45) is 0 Å². The van der Waals surface area contributed by atoms with E-state index in [1.807, 2.05) is 0 Å². The molecule has 0 aliphatic heterocycles. The largest absolute Gasteiger partial charge is 0.295 e. The van der Waals surface area contributed by atoms with Gasteiger partial charge in [0.25, 0.3) is 6.43 Å². The maximum atomic E-state index is 11.1. The van der Waals surface area contributed by atoms with Gasteiger partial charge in [0.05, 0.1) is 0 Å². The van der Waals surface area contributed by atoms with E-state index in [2.05, 4.69) is 0 Å². The molecule has 0 aromatic carbocycles. The van der Waals surface area contributed by atoms with Crippen LogP contribution in [0.4, 0.5) is 13.2 Å². The molecule has 0 spiro atoms. The van der Waals surface area contributed by atoms with Crippen LogP contribution in [0.15, 0.2) is 12.1 Å². The van der Waals surface area contributed by atoms with Crippen molar-refractivity contribution in [3.05, 3.63) is 12.1 Å². The van der Waals surface area contributed by atoms with Gasteiger partial charge in [0.2, 0.25) is 5.83 Å². The van der Waals surface area contributed by atoms with Crippen molar-refractivity contribution in [3.63, 3.8) is 0 Å². The van der Waals surface area contributed by atoms with Gasteiger partial charge in [-0.25, -0.2) is 13.2 Å². The normalized spacial score (nSPS) is 12.9. The van der Waals surface area contributed by atoms with Gasteiger partial charge in [-0.1, -0.05) is 0 Å². The summed E-state index contributed by atoms with van der Waals surface area (Å²) in [7, 11) is 0. The summed E-state index contributed by atoms with van der Waals surface area (Å²) < 4.78 is 32.6. The van der Waals surface area contributed by atoms with Crippen molar-refractivity contribution in [3.8, 4) is 0 Å². The fraction of sp³-hybridized carbons (Fsp3) is 0.333. The molecule has 0 atom stereocenters. The molecule has 41 valence electrons. The molecule has 7 heavy (non-hydrogen) atoms. The molecule has 0 aliphatic rings. The standard InChI is InChI=1S/C3H2F3O/c4-2(1-7)3(5)6/h1,3H.